The molecule has 2 rings (SSSR count). The van der Waals surface area contributed by atoms with Crippen molar-refractivity contribution in [2.24, 2.45) is 10.7 Å². The number of rotatable bonds is 7. The van der Waals surface area contributed by atoms with Crippen LogP contribution in [0.5, 0.6) is 5.75 Å². The fraction of sp³-hybridized carbons (Fsp3) is 0.294. The number of guanidine groups is 1. The molecule has 0 saturated heterocycles. The number of aryl methyl sites for hydroxylation is 1. The monoisotopic (exact) mass is 384 g/mol. The molecule has 0 bridgehead atoms. The summed E-state index contributed by atoms with van der Waals surface area (Å²) in [5.41, 5.74) is 6.45. The summed E-state index contributed by atoms with van der Waals surface area (Å²) in [7, 11) is 0. The summed E-state index contributed by atoms with van der Waals surface area (Å²) in [6.07, 6.45) is -2.90. The molecule has 1 aromatic heterocycles. The van der Waals surface area contributed by atoms with Crippen LogP contribution in [0, 0.1) is 6.92 Å². The molecule has 0 aliphatic rings. The van der Waals surface area contributed by atoms with E-state index < -0.39 is 12.1 Å². The van der Waals surface area contributed by atoms with Gasteiger partial charge in [-0.2, -0.15) is 0 Å². The highest BCUT2D eigenvalue weighted by Gasteiger charge is 2.32. The second-order valence-electron chi connectivity index (χ2n) is 5.48. The summed E-state index contributed by atoms with van der Waals surface area (Å²) >= 11 is 0. The number of hydrogen-bond acceptors (Lipinski definition) is 4. The normalized spacial score (nSPS) is 11.9. The van der Waals surface area contributed by atoms with E-state index in [1.807, 2.05) is 0 Å². The van der Waals surface area contributed by atoms with Crippen LogP contribution >= 0.6 is 0 Å². The zero-order chi connectivity index (χ0) is 19.9. The van der Waals surface area contributed by atoms with Gasteiger partial charge in [0.2, 0.25) is 0 Å². The molecule has 10 heteroatoms. The Morgan fingerprint density at radius 1 is 1.30 bits per heavy atom. The van der Waals surface area contributed by atoms with E-state index in [2.05, 4.69) is 20.4 Å². The fourth-order valence-electron chi connectivity index (χ4n) is 2.13. The number of halogens is 3. The Bertz CT molecular complexity index is 803. The standard InChI is InChI=1S/C17H19F3N4O3/c1-11-7-10-26-14(11)15(25)22-8-4-9-23-16(21)24-12-5-2-3-6-13(12)27-17(18,19)20/h2-3,5-7,10H,4,8-9H2,1H3,(H,22,25)(H3,21,23,24). The summed E-state index contributed by atoms with van der Waals surface area (Å²) in [6, 6.07) is 7.17. The lowest BCUT2D eigenvalue weighted by atomic mass is 10.2. The summed E-state index contributed by atoms with van der Waals surface area (Å²) in [4.78, 5) is 15.8. The third-order valence-electron chi connectivity index (χ3n) is 3.35. The molecule has 0 fully saturated rings. The summed E-state index contributed by atoms with van der Waals surface area (Å²) in [5.74, 6) is -0.558. The predicted molar refractivity (Wildman–Crippen MR) is 93.6 cm³/mol. The summed E-state index contributed by atoms with van der Waals surface area (Å²) in [5, 5.41) is 5.24. The van der Waals surface area contributed by atoms with Crippen molar-refractivity contribution in [3.63, 3.8) is 0 Å². The Hall–Kier alpha value is -3.17. The Balaban J connectivity index is 1.80. The quantitative estimate of drug-likeness (QED) is 0.387. The van der Waals surface area contributed by atoms with E-state index in [0.717, 1.165) is 11.6 Å². The van der Waals surface area contributed by atoms with Gasteiger partial charge in [0, 0.05) is 18.7 Å². The molecule has 27 heavy (non-hydrogen) atoms. The number of aliphatic imine (C=N–C) groups is 1. The number of ether oxygens (including phenoxy) is 1. The van der Waals surface area contributed by atoms with Crippen molar-refractivity contribution in [1.29, 1.82) is 0 Å². The number of hydrogen-bond donors (Lipinski definition) is 3. The zero-order valence-electron chi connectivity index (χ0n) is 14.5. The molecule has 0 aliphatic heterocycles. The molecule has 0 radical (unpaired) electrons. The smallest absolute Gasteiger partial charge is 0.459 e. The molecule has 1 amide bonds. The molecule has 2 aromatic rings. The summed E-state index contributed by atoms with van der Waals surface area (Å²) < 4.78 is 46.1. The molecule has 0 atom stereocenters. The number of nitrogens with one attached hydrogen (secondary N) is 2. The lowest BCUT2D eigenvalue weighted by Gasteiger charge is -2.14. The van der Waals surface area contributed by atoms with Crippen LogP contribution in [0.1, 0.15) is 22.5 Å². The number of nitrogens with zero attached hydrogens (tertiary/aromatic N) is 1. The first kappa shape index (κ1) is 20.1. The minimum Gasteiger partial charge on any atom is -0.459 e. The van der Waals surface area contributed by atoms with E-state index in [4.69, 9.17) is 10.2 Å². The number of anilines is 1. The highest BCUT2D eigenvalue weighted by atomic mass is 19.4. The van der Waals surface area contributed by atoms with Crippen molar-refractivity contribution in [3.05, 3.63) is 47.9 Å². The van der Waals surface area contributed by atoms with Gasteiger partial charge in [-0.25, -0.2) is 0 Å². The first-order valence-electron chi connectivity index (χ1n) is 8.00. The van der Waals surface area contributed by atoms with Gasteiger partial charge in [-0.05, 0) is 31.5 Å². The van der Waals surface area contributed by atoms with E-state index in [1.165, 1.54) is 24.5 Å². The van der Waals surface area contributed by atoms with Gasteiger partial charge in [-0.15, -0.1) is 13.2 Å². The molecular formula is C17H19F3N4O3. The number of benzene rings is 1. The minimum absolute atomic E-state index is 0.0395. The molecule has 0 aliphatic carbocycles. The van der Waals surface area contributed by atoms with E-state index >= 15 is 0 Å². The van der Waals surface area contributed by atoms with E-state index in [-0.39, 0.29) is 29.9 Å². The largest absolute Gasteiger partial charge is 0.573 e. The molecule has 0 spiro atoms. The van der Waals surface area contributed by atoms with Crippen LogP contribution < -0.4 is 21.1 Å². The van der Waals surface area contributed by atoms with Crippen molar-refractivity contribution < 1.29 is 27.1 Å². The maximum atomic E-state index is 12.4. The highest BCUT2D eigenvalue weighted by molar-refractivity contribution is 5.94. The van der Waals surface area contributed by atoms with E-state index in [1.54, 1.807) is 13.0 Å². The average Bonchev–Trinajstić information content (AvgIpc) is 3.01. The second kappa shape index (κ2) is 8.97. The van der Waals surface area contributed by atoms with E-state index in [9.17, 15) is 18.0 Å². The van der Waals surface area contributed by atoms with Gasteiger partial charge in [0.05, 0.1) is 12.0 Å². The Morgan fingerprint density at radius 3 is 2.70 bits per heavy atom. The predicted octanol–water partition coefficient (Wildman–Crippen LogP) is 3.03. The molecule has 1 heterocycles. The van der Waals surface area contributed by atoms with Crippen molar-refractivity contribution in [3.8, 4) is 5.75 Å². The molecule has 0 saturated carbocycles. The number of carbonyl (C=O) groups excluding carboxylic acids is 1. The van der Waals surface area contributed by atoms with Crippen LogP contribution in [-0.4, -0.2) is 31.3 Å². The van der Waals surface area contributed by atoms with Crippen molar-refractivity contribution >= 4 is 17.6 Å². The van der Waals surface area contributed by atoms with Gasteiger partial charge >= 0.3 is 6.36 Å². The van der Waals surface area contributed by atoms with Crippen LogP contribution in [0.2, 0.25) is 0 Å². The molecular weight excluding hydrogens is 365 g/mol. The minimum atomic E-state index is -4.81. The maximum absolute atomic E-state index is 12.4. The van der Waals surface area contributed by atoms with Gasteiger partial charge in [-0.1, -0.05) is 12.1 Å². The number of nitrogens with two attached hydrogens (primary N) is 1. The van der Waals surface area contributed by atoms with Crippen LogP contribution in [0.25, 0.3) is 0 Å². The third kappa shape index (κ3) is 6.57. The van der Waals surface area contributed by atoms with Gasteiger partial charge < -0.3 is 25.5 Å². The maximum Gasteiger partial charge on any atom is 0.573 e. The SMILES string of the molecule is Cc1ccoc1C(=O)NCCCN=C(N)Nc1ccccc1OC(F)(F)F. The Kier molecular flexibility index (Phi) is 6.69. The molecule has 146 valence electrons. The van der Waals surface area contributed by atoms with Gasteiger partial charge in [0.1, 0.15) is 0 Å². The third-order valence-corrected chi connectivity index (χ3v) is 3.35. The van der Waals surface area contributed by atoms with Gasteiger partial charge in [0.25, 0.3) is 5.91 Å². The van der Waals surface area contributed by atoms with Crippen molar-refractivity contribution in [1.82, 2.24) is 5.32 Å². The van der Waals surface area contributed by atoms with E-state index in [0.29, 0.717) is 13.0 Å². The number of furan rings is 1. The van der Waals surface area contributed by atoms with Crippen LogP contribution in [0.15, 0.2) is 46.0 Å². The molecule has 0 unspecified atom stereocenters. The second-order valence-corrected chi connectivity index (χ2v) is 5.48. The number of alkyl halides is 3. The van der Waals surface area contributed by atoms with Crippen molar-refractivity contribution in [2.45, 2.75) is 19.7 Å². The summed E-state index contributed by atoms with van der Waals surface area (Å²) in [6.45, 7) is 2.36. The highest BCUT2D eigenvalue weighted by Crippen LogP contribution is 2.29. The van der Waals surface area contributed by atoms with Crippen molar-refractivity contribution in [2.75, 3.05) is 18.4 Å². The number of carbonyl (C=O) groups is 1. The first-order valence-corrected chi connectivity index (χ1v) is 8.00. The average molecular weight is 384 g/mol. The number of amides is 1. The Morgan fingerprint density at radius 2 is 2.04 bits per heavy atom. The Labute approximate surface area is 153 Å². The molecule has 4 N–H and O–H groups in total. The lowest BCUT2D eigenvalue weighted by molar-refractivity contribution is -0.274. The fourth-order valence-corrected chi connectivity index (χ4v) is 2.13. The van der Waals surface area contributed by atoms with Gasteiger partial charge in [-0.3, -0.25) is 9.79 Å². The van der Waals surface area contributed by atoms with Gasteiger partial charge in [0.15, 0.2) is 17.5 Å². The van der Waals surface area contributed by atoms with Crippen LogP contribution in [-0.2, 0) is 0 Å². The topological polar surface area (TPSA) is 102 Å². The molecule has 7 nitrogen and oxygen atoms in total. The first-order chi connectivity index (χ1) is 12.8. The van der Waals surface area contributed by atoms with Crippen LogP contribution in [0.3, 0.4) is 0 Å². The lowest BCUT2D eigenvalue weighted by Crippen LogP contribution is -2.26. The zero-order valence-corrected chi connectivity index (χ0v) is 14.5. The van der Waals surface area contributed by atoms with Crippen LogP contribution in [0.4, 0.5) is 18.9 Å². The molecule has 1 aromatic carbocycles. The number of para-hydroxylation sites is 2.